The van der Waals surface area contributed by atoms with Gasteiger partial charge in [0, 0.05) is 12.7 Å². The van der Waals surface area contributed by atoms with Gasteiger partial charge in [-0.15, -0.1) is 0 Å². The number of aromatic nitrogens is 4. The minimum Gasteiger partial charge on any atom is -0.467 e. The summed E-state index contributed by atoms with van der Waals surface area (Å²) in [5, 5.41) is 12.9. The summed E-state index contributed by atoms with van der Waals surface area (Å²) < 4.78 is 33.6. The van der Waals surface area contributed by atoms with Crippen LogP contribution in [0.1, 0.15) is 41.0 Å². The van der Waals surface area contributed by atoms with Crippen molar-refractivity contribution in [3.63, 3.8) is 0 Å². The summed E-state index contributed by atoms with van der Waals surface area (Å²) in [5.74, 6) is -0.522. The van der Waals surface area contributed by atoms with Gasteiger partial charge < -0.3 is 15.1 Å². The van der Waals surface area contributed by atoms with E-state index in [9.17, 15) is 18.4 Å². The normalized spacial score (nSPS) is 11.1. The average Bonchev–Trinajstić information content (AvgIpc) is 3.42. The molecule has 160 valence electrons. The lowest BCUT2D eigenvalue weighted by Crippen LogP contribution is -2.26. The largest absolute Gasteiger partial charge is 0.467 e. The monoisotopic (exact) mass is 440 g/mol. The van der Waals surface area contributed by atoms with Crippen molar-refractivity contribution in [2.24, 2.45) is 0 Å². The lowest BCUT2D eigenvalue weighted by atomic mass is 10.3. The lowest BCUT2D eigenvalue weighted by Gasteiger charge is -2.07. The Bertz CT molecular complexity index is 1040. The SMILES string of the molecule is CCn1cc(NC(=O)Cn2nc(C(F)F)c(Cl)c2C)c(C(=O)NCc2ccco2)n1. The van der Waals surface area contributed by atoms with Crippen molar-refractivity contribution in [3.8, 4) is 0 Å². The van der Waals surface area contributed by atoms with Gasteiger partial charge in [-0.05, 0) is 26.0 Å². The molecule has 0 aromatic carbocycles. The third-order valence-electron chi connectivity index (χ3n) is 4.24. The van der Waals surface area contributed by atoms with Crippen LogP contribution in [0.25, 0.3) is 0 Å². The lowest BCUT2D eigenvalue weighted by molar-refractivity contribution is -0.117. The highest BCUT2D eigenvalue weighted by Gasteiger charge is 2.23. The Morgan fingerprint density at radius 1 is 1.33 bits per heavy atom. The Kier molecular flexibility index (Phi) is 6.50. The molecule has 0 aliphatic rings. The van der Waals surface area contributed by atoms with Crippen LogP contribution in [0.2, 0.25) is 5.02 Å². The predicted molar refractivity (Wildman–Crippen MR) is 103 cm³/mol. The van der Waals surface area contributed by atoms with Crippen LogP contribution in [-0.2, 0) is 24.4 Å². The first-order chi connectivity index (χ1) is 14.3. The molecule has 0 radical (unpaired) electrons. The average molecular weight is 441 g/mol. The first kappa shape index (κ1) is 21.5. The van der Waals surface area contributed by atoms with E-state index in [1.54, 1.807) is 12.1 Å². The van der Waals surface area contributed by atoms with Crippen LogP contribution in [0.5, 0.6) is 0 Å². The van der Waals surface area contributed by atoms with Crippen LogP contribution in [-0.4, -0.2) is 31.4 Å². The van der Waals surface area contributed by atoms with E-state index in [0.29, 0.717) is 12.3 Å². The number of nitrogens with zero attached hydrogens (tertiary/aromatic N) is 4. The second-order valence-corrected chi connectivity index (χ2v) is 6.68. The number of carbonyl (C=O) groups is 2. The van der Waals surface area contributed by atoms with E-state index in [2.05, 4.69) is 20.8 Å². The molecule has 2 amide bonds. The molecular formula is C18H19ClF2N6O3. The summed E-state index contributed by atoms with van der Waals surface area (Å²) in [6.07, 6.45) is 0.141. The van der Waals surface area contributed by atoms with Gasteiger partial charge in [0.25, 0.3) is 12.3 Å². The number of alkyl halides is 2. The van der Waals surface area contributed by atoms with Crippen molar-refractivity contribution in [2.75, 3.05) is 5.32 Å². The van der Waals surface area contributed by atoms with Crippen LogP contribution in [0, 0.1) is 6.92 Å². The smallest absolute Gasteiger partial charge is 0.283 e. The van der Waals surface area contributed by atoms with E-state index in [4.69, 9.17) is 16.0 Å². The molecule has 3 aromatic rings. The molecule has 9 nitrogen and oxygen atoms in total. The van der Waals surface area contributed by atoms with Crippen molar-refractivity contribution in [2.45, 2.75) is 39.9 Å². The number of hydrogen-bond donors (Lipinski definition) is 2. The highest BCUT2D eigenvalue weighted by atomic mass is 35.5. The molecule has 0 aliphatic heterocycles. The maximum absolute atomic E-state index is 12.9. The van der Waals surface area contributed by atoms with Crippen LogP contribution in [0.15, 0.2) is 29.0 Å². The Morgan fingerprint density at radius 2 is 2.10 bits per heavy atom. The molecule has 0 bridgehead atoms. The maximum atomic E-state index is 12.9. The Hall–Kier alpha value is -3.21. The summed E-state index contributed by atoms with van der Waals surface area (Å²) >= 11 is 5.85. The number of anilines is 1. The Balaban J connectivity index is 1.72. The van der Waals surface area contributed by atoms with E-state index in [0.717, 1.165) is 4.68 Å². The van der Waals surface area contributed by atoms with Crippen LogP contribution in [0.4, 0.5) is 14.5 Å². The van der Waals surface area contributed by atoms with E-state index in [1.165, 1.54) is 24.1 Å². The zero-order chi connectivity index (χ0) is 21.8. The highest BCUT2D eigenvalue weighted by Crippen LogP contribution is 2.28. The van der Waals surface area contributed by atoms with E-state index in [1.807, 2.05) is 6.92 Å². The second-order valence-electron chi connectivity index (χ2n) is 6.30. The predicted octanol–water partition coefficient (Wildman–Crippen LogP) is 3.16. The fraction of sp³-hybridized carbons (Fsp3) is 0.333. The molecule has 0 fully saturated rings. The van der Waals surface area contributed by atoms with E-state index >= 15 is 0 Å². The van der Waals surface area contributed by atoms with Crippen LogP contribution in [0.3, 0.4) is 0 Å². The van der Waals surface area contributed by atoms with Gasteiger partial charge in [-0.25, -0.2) is 8.78 Å². The molecule has 0 aliphatic carbocycles. The summed E-state index contributed by atoms with van der Waals surface area (Å²) in [4.78, 5) is 25.0. The number of aryl methyl sites for hydroxylation is 1. The van der Waals surface area contributed by atoms with Crippen molar-refractivity contribution in [3.05, 3.63) is 52.5 Å². The van der Waals surface area contributed by atoms with Crippen molar-refractivity contribution < 1.29 is 22.8 Å². The first-order valence-electron chi connectivity index (χ1n) is 8.99. The summed E-state index contributed by atoms with van der Waals surface area (Å²) in [6, 6.07) is 3.40. The topological polar surface area (TPSA) is 107 Å². The molecule has 0 atom stereocenters. The van der Waals surface area contributed by atoms with E-state index < -0.39 is 23.9 Å². The van der Waals surface area contributed by atoms with Gasteiger partial charge in [0.2, 0.25) is 5.91 Å². The Labute approximate surface area is 175 Å². The first-order valence-corrected chi connectivity index (χ1v) is 9.36. The zero-order valence-electron chi connectivity index (χ0n) is 16.2. The number of halogens is 3. The number of amides is 2. The third kappa shape index (κ3) is 4.67. The van der Waals surface area contributed by atoms with Crippen molar-refractivity contribution >= 4 is 29.1 Å². The fourth-order valence-electron chi connectivity index (χ4n) is 2.67. The number of rotatable bonds is 8. The molecule has 0 unspecified atom stereocenters. The summed E-state index contributed by atoms with van der Waals surface area (Å²) in [5.41, 5.74) is -0.148. The minimum atomic E-state index is -2.85. The van der Waals surface area contributed by atoms with Gasteiger partial charge >= 0.3 is 0 Å². The Morgan fingerprint density at radius 3 is 2.70 bits per heavy atom. The van der Waals surface area contributed by atoms with Crippen LogP contribution < -0.4 is 10.6 Å². The van der Waals surface area contributed by atoms with Gasteiger partial charge in [-0.2, -0.15) is 10.2 Å². The van der Waals surface area contributed by atoms with Gasteiger partial charge in [0.05, 0.1) is 29.2 Å². The summed E-state index contributed by atoms with van der Waals surface area (Å²) in [7, 11) is 0. The molecule has 12 heteroatoms. The molecule has 0 saturated heterocycles. The molecule has 3 heterocycles. The van der Waals surface area contributed by atoms with Gasteiger partial charge in [-0.1, -0.05) is 11.6 Å². The van der Waals surface area contributed by atoms with Crippen molar-refractivity contribution in [1.29, 1.82) is 0 Å². The van der Waals surface area contributed by atoms with Gasteiger partial charge in [0.1, 0.15) is 18.0 Å². The molecule has 0 saturated carbocycles. The maximum Gasteiger partial charge on any atom is 0.283 e. The minimum absolute atomic E-state index is 0.0141. The fourth-order valence-corrected chi connectivity index (χ4v) is 2.89. The number of furan rings is 1. The number of nitrogens with one attached hydrogen (secondary N) is 2. The third-order valence-corrected chi connectivity index (χ3v) is 4.70. The molecule has 3 rings (SSSR count). The quantitative estimate of drug-likeness (QED) is 0.559. The molecular weight excluding hydrogens is 422 g/mol. The summed E-state index contributed by atoms with van der Waals surface area (Å²) in [6.45, 7) is 3.57. The van der Waals surface area contributed by atoms with Crippen LogP contribution >= 0.6 is 11.6 Å². The zero-order valence-corrected chi connectivity index (χ0v) is 16.9. The van der Waals surface area contributed by atoms with Gasteiger partial charge in [0.15, 0.2) is 5.69 Å². The number of hydrogen-bond acceptors (Lipinski definition) is 5. The van der Waals surface area contributed by atoms with E-state index in [-0.39, 0.29) is 35.2 Å². The highest BCUT2D eigenvalue weighted by molar-refractivity contribution is 6.31. The molecule has 0 spiro atoms. The van der Waals surface area contributed by atoms with Gasteiger partial charge in [-0.3, -0.25) is 19.0 Å². The molecule has 30 heavy (non-hydrogen) atoms. The van der Waals surface area contributed by atoms with Crippen molar-refractivity contribution in [1.82, 2.24) is 24.9 Å². The molecule has 2 N–H and O–H groups in total. The standard InChI is InChI=1S/C18H19ClF2N6O3/c1-3-26-8-12(15(24-26)18(29)22-7-11-5-4-6-30-11)23-13(28)9-27-10(2)14(19)16(25-27)17(20)21/h4-6,8,17H,3,7,9H2,1-2H3,(H,22,29)(H,23,28). The molecule has 3 aromatic heterocycles. The second kappa shape index (κ2) is 9.08. The number of carbonyl (C=O) groups excluding carboxylic acids is 2.